The molecule has 5 rings (SSSR count). The summed E-state index contributed by atoms with van der Waals surface area (Å²) in [6, 6.07) is 8.20. The van der Waals surface area contributed by atoms with Crippen LogP contribution in [0.15, 0.2) is 35.7 Å². The molecule has 0 spiro atoms. The molecule has 0 atom stereocenters. The van der Waals surface area contributed by atoms with Crippen LogP contribution in [0.3, 0.4) is 0 Å². The van der Waals surface area contributed by atoms with Gasteiger partial charge >= 0.3 is 0 Å². The molecular formula is C20H20N6S2. The number of fused-ring (bicyclic) bond motifs is 3. The molecule has 1 aromatic carbocycles. The van der Waals surface area contributed by atoms with Gasteiger partial charge in [0.2, 0.25) is 0 Å². The van der Waals surface area contributed by atoms with E-state index in [1.54, 1.807) is 29.4 Å². The third kappa shape index (κ3) is 3.06. The van der Waals surface area contributed by atoms with Crippen molar-refractivity contribution >= 4 is 39.1 Å². The van der Waals surface area contributed by atoms with Crippen molar-refractivity contribution < 1.29 is 0 Å². The van der Waals surface area contributed by atoms with Crippen LogP contribution >= 0.6 is 23.1 Å². The highest BCUT2D eigenvalue weighted by Crippen LogP contribution is 2.38. The molecule has 0 saturated heterocycles. The fourth-order valence-electron chi connectivity index (χ4n) is 3.75. The zero-order valence-electron chi connectivity index (χ0n) is 15.6. The summed E-state index contributed by atoms with van der Waals surface area (Å²) in [6.07, 6.45) is 6.46. The Balaban J connectivity index is 1.43. The van der Waals surface area contributed by atoms with Crippen molar-refractivity contribution in [2.24, 2.45) is 0 Å². The number of nitrogens with zero attached hydrogens (tertiary/aromatic N) is 5. The Morgan fingerprint density at radius 2 is 2.04 bits per heavy atom. The number of aryl methyl sites for hydroxylation is 3. The Kier molecular flexibility index (Phi) is 4.52. The maximum Gasteiger partial charge on any atom is 0.196 e. The first-order chi connectivity index (χ1) is 13.7. The highest BCUT2D eigenvalue weighted by molar-refractivity contribution is 7.98. The second-order valence-corrected chi connectivity index (χ2v) is 9.00. The van der Waals surface area contributed by atoms with Crippen molar-refractivity contribution in [1.29, 1.82) is 0 Å². The fourth-order valence-corrected chi connectivity index (χ4v) is 5.81. The average Bonchev–Trinajstić information content (AvgIpc) is 3.31. The third-order valence-corrected chi connectivity index (χ3v) is 7.24. The average molecular weight is 409 g/mol. The largest absolute Gasteiger partial charge is 0.383 e. The molecule has 0 aliphatic heterocycles. The van der Waals surface area contributed by atoms with Crippen LogP contribution in [0.1, 0.15) is 34.7 Å². The number of hydrogen-bond donors (Lipinski definition) is 1. The zero-order valence-corrected chi connectivity index (χ0v) is 17.2. The van der Waals surface area contributed by atoms with Crippen LogP contribution in [0.5, 0.6) is 0 Å². The number of thioether (sulfide) groups is 1. The summed E-state index contributed by atoms with van der Waals surface area (Å²) in [7, 11) is 0. The Morgan fingerprint density at radius 3 is 2.93 bits per heavy atom. The standard InChI is InChI=1S/C20H20N6S2/c1-12-6-2-4-8-14(12)26-11-22-25-20(26)27-10-16-23-18(21)17-13-7-3-5-9-15(13)28-19(17)24-16/h2,4,6,8,11H,3,5,7,9-10H2,1H3,(H2,21,23,24). The number of nitrogen functional groups attached to an aromatic ring is 1. The van der Waals surface area contributed by atoms with E-state index in [1.807, 2.05) is 16.7 Å². The minimum Gasteiger partial charge on any atom is -0.383 e. The lowest BCUT2D eigenvalue weighted by Gasteiger charge is -2.11. The fraction of sp³-hybridized carbons (Fsp3) is 0.300. The van der Waals surface area contributed by atoms with Gasteiger partial charge in [0.05, 0.1) is 16.8 Å². The molecule has 8 heteroatoms. The maximum absolute atomic E-state index is 6.33. The molecule has 1 aliphatic rings. The van der Waals surface area contributed by atoms with Gasteiger partial charge in [-0.2, -0.15) is 0 Å². The van der Waals surface area contributed by atoms with Crippen molar-refractivity contribution in [3.63, 3.8) is 0 Å². The number of para-hydroxylation sites is 1. The predicted octanol–water partition coefficient (Wildman–Crippen LogP) is 4.33. The van der Waals surface area contributed by atoms with Gasteiger partial charge in [-0.3, -0.25) is 4.57 Å². The van der Waals surface area contributed by atoms with Crippen LogP contribution in [0, 0.1) is 6.92 Å². The molecular weight excluding hydrogens is 388 g/mol. The summed E-state index contributed by atoms with van der Waals surface area (Å²) in [4.78, 5) is 11.9. The highest BCUT2D eigenvalue weighted by atomic mass is 32.2. The van der Waals surface area contributed by atoms with E-state index in [1.165, 1.54) is 28.8 Å². The van der Waals surface area contributed by atoms with E-state index in [9.17, 15) is 0 Å². The molecule has 142 valence electrons. The van der Waals surface area contributed by atoms with Gasteiger partial charge in [-0.15, -0.1) is 21.5 Å². The zero-order chi connectivity index (χ0) is 19.1. The Hall–Kier alpha value is -2.45. The lowest BCUT2D eigenvalue weighted by Crippen LogP contribution is -2.03. The van der Waals surface area contributed by atoms with Gasteiger partial charge < -0.3 is 5.73 Å². The molecule has 0 unspecified atom stereocenters. The summed E-state index contributed by atoms with van der Waals surface area (Å²) < 4.78 is 2.01. The Bertz CT molecular complexity index is 1160. The minimum atomic E-state index is 0.604. The molecule has 4 aromatic rings. The molecule has 28 heavy (non-hydrogen) atoms. The van der Waals surface area contributed by atoms with Gasteiger partial charge in [-0.25, -0.2) is 9.97 Å². The molecule has 6 nitrogen and oxygen atoms in total. The molecule has 0 saturated carbocycles. The first-order valence-electron chi connectivity index (χ1n) is 9.36. The molecule has 0 radical (unpaired) electrons. The summed E-state index contributed by atoms with van der Waals surface area (Å²) in [5.74, 6) is 1.96. The predicted molar refractivity (Wildman–Crippen MR) is 114 cm³/mol. The van der Waals surface area contributed by atoms with E-state index in [0.717, 1.165) is 39.7 Å². The smallest absolute Gasteiger partial charge is 0.196 e. The Morgan fingerprint density at radius 1 is 1.18 bits per heavy atom. The minimum absolute atomic E-state index is 0.604. The first-order valence-corrected chi connectivity index (χ1v) is 11.2. The van der Waals surface area contributed by atoms with Gasteiger partial charge in [0.1, 0.15) is 22.8 Å². The van der Waals surface area contributed by atoms with E-state index >= 15 is 0 Å². The van der Waals surface area contributed by atoms with Crippen molar-refractivity contribution in [1.82, 2.24) is 24.7 Å². The molecule has 0 amide bonds. The lowest BCUT2D eigenvalue weighted by atomic mass is 9.97. The van der Waals surface area contributed by atoms with Crippen LogP contribution in [0.25, 0.3) is 15.9 Å². The number of nitrogens with two attached hydrogens (primary N) is 1. The topological polar surface area (TPSA) is 82.5 Å². The molecule has 2 N–H and O–H groups in total. The number of rotatable bonds is 4. The van der Waals surface area contributed by atoms with Crippen molar-refractivity contribution in [2.45, 2.75) is 43.5 Å². The van der Waals surface area contributed by atoms with Crippen LogP contribution in [0.2, 0.25) is 0 Å². The van der Waals surface area contributed by atoms with Crippen molar-refractivity contribution in [2.75, 3.05) is 5.73 Å². The number of hydrogen-bond acceptors (Lipinski definition) is 7. The van der Waals surface area contributed by atoms with Crippen molar-refractivity contribution in [3.8, 4) is 5.69 Å². The second kappa shape index (κ2) is 7.18. The molecule has 0 fully saturated rings. The number of aromatic nitrogens is 5. The van der Waals surface area contributed by atoms with E-state index in [0.29, 0.717) is 11.6 Å². The molecule has 3 aromatic heterocycles. The summed E-state index contributed by atoms with van der Waals surface area (Å²) >= 11 is 3.36. The van der Waals surface area contributed by atoms with Crippen LogP contribution < -0.4 is 5.73 Å². The van der Waals surface area contributed by atoms with Gasteiger partial charge in [0.25, 0.3) is 0 Å². The first kappa shape index (κ1) is 17.6. The van der Waals surface area contributed by atoms with Gasteiger partial charge in [-0.05, 0) is 49.8 Å². The number of thiophene rings is 1. The quantitative estimate of drug-likeness (QED) is 0.506. The molecule has 1 aliphatic carbocycles. The van der Waals surface area contributed by atoms with Crippen molar-refractivity contribution in [3.05, 3.63) is 52.4 Å². The van der Waals surface area contributed by atoms with E-state index in [4.69, 9.17) is 10.7 Å². The van der Waals surface area contributed by atoms with Crippen LogP contribution in [-0.2, 0) is 18.6 Å². The van der Waals surface area contributed by atoms with Gasteiger partial charge in [0, 0.05) is 4.88 Å². The number of anilines is 1. The van der Waals surface area contributed by atoms with Gasteiger partial charge in [-0.1, -0.05) is 30.0 Å². The monoisotopic (exact) mass is 408 g/mol. The summed E-state index contributed by atoms with van der Waals surface area (Å²) in [6.45, 7) is 2.08. The summed E-state index contributed by atoms with van der Waals surface area (Å²) in [5.41, 5.74) is 9.96. The number of benzene rings is 1. The van der Waals surface area contributed by atoms with E-state index in [2.05, 4.69) is 34.2 Å². The Labute approximate surface area is 171 Å². The van der Waals surface area contributed by atoms with Gasteiger partial charge in [0.15, 0.2) is 5.16 Å². The lowest BCUT2D eigenvalue weighted by molar-refractivity contribution is 0.700. The highest BCUT2D eigenvalue weighted by Gasteiger charge is 2.20. The molecule has 0 bridgehead atoms. The normalized spacial score (nSPS) is 13.8. The van der Waals surface area contributed by atoms with E-state index < -0.39 is 0 Å². The van der Waals surface area contributed by atoms with Crippen LogP contribution in [0.4, 0.5) is 5.82 Å². The van der Waals surface area contributed by atoms with E-state index in [-0.39, 0.29) is 0 Å². The van der Waals surface area contributed by atoms with Crippen LogP contribution in [-0.4, -0.2) is 24.7 Å². The summed E-state index contributed by atoms with van der Waals surface area (Å²) in [5, 5.41) is 10.3. The molecule has 3 heterocycles. The third-order valence-electron chi connectivity index (χ3n) is 5.11. The SMILES string of the molecule is Cc1ccccc1-n1cnnc1SCc1nc(N)c2c3c(sc2n1)CCCC3. The second-order valence-electron chi connectivity index (χ2n) is 6.97. The maximum atomic E-state index is 6.33.